The van der Waals surface area contributed by atoms with Crippen LogP contribution in [0, 0.1) is 13.8 Å². The predicted octanol–water partition coefficient (Wildman–Crippen LogP) is 4.36. The summed E-state index contributed by atoms with van der Waals surface area (Å²) in [7, 11) is 0. The molecule has 3 rings (SSSR count). The summed E-state index contributed by atoms with van der Waals surface area (Å²) in [5.41, 5.74) is 2.50. The molecule has 114 valence electrons. The van der Waals surface area contributed by atoms with Crippen molar-refractivity contribution in [3.63, 3.8) is 0 Å². The zero-order valence-electron chi connectivity index (χ0n) is 12.2. The minimum atomic E-state index is -0.590. The molecule has 0 aliphatic carbocycles. The molecule has 0 bridgehead atoms. The molecule has 2 aromatic heterocycles. The number of alkyl halides is 1. The summed E-state index contributed by atoms with van der Waals surface area (Å²) in [4.78, 5) is 17.8. The Bertz CT molecular complexity index is 916. The van der Waals surface area contributed by atoms with Crippen LogP contribution in [0.5, 0.6) is 0 Å². The average Bonchev–Trinajstić information content (AvgIpc) is 2.90. The number of fused-ring (bicyclic) bond motifs is 1. The number of hydrogen-bond acceptors (Lipinski definition) is 3. The van der Waals surface area contributed by atoms with Crippen LogP contribution in [0.4, 0.5) is 4.39 Å². The molecule has 3 aromatic rings. The van der Waals surface area contributed by atoms with Gasteiger partial charge >= 0.3 is 0 Å². The van der Waals surface area contributed by atoms with Crippen LogP contribution in [0.25, 0.3) is 21.3 Å². The zero-order valence-corrected chi connectivity index (χ0v) is 13.8. The highest BCUT2D eigenvalue weighted by Gasteiger charge is 2.15. The second-order valence-corrected chi connectivity index (χ2v) is 6.36. The summed E-state index contributed by atoms with van der Waals surface area (Å²) in [6.07, 6.45) is 0. The number of nitrogens with zero attached hydrogens (tertiary/aromatic N) is 2. The highest BCUT2D eigenvalue weighted by atomic mass is 35.5. The fraction of sp³-hybridized carbons (Fsp3) is 0.250. The lowest BCUT2D eigenvalue weighted by Gasteiger charge is -2.08. The van der Waals surface area contributed by atoms with E-state index in [0.29, 0.717) is 21.1 Å². The minimum Gasteiger partial charge on any atom is -0.294 e. The molecule has 3 nitrogen and oxygen atoms in total. The van der Waals surface area contributed by atoms with Gasteiger partial charge in [-0.25, -0.2) is 9.37 Å². The van der Waals surface area contributed by atoms with E-state index in [9.17, 15) is 9.18 Å². The molecule has 0 amide bonds. The first-order chi connectivity index (χ1) is 10.5. The van der Waals surface area contributed by atoms with Gasteiger partial charge in [-0.15, -0.1) is 11.3 Å². The average molecular weight is 337 g/mol. The van der Waals surface area contributed by atoms with E-state index in [1.54, 1.807) is 6.92 Å². The lowest BCUT2D eigenvalue weighted by Crippen LogP contribution is -2.24. The smallest absolute Gasteiger partial charge is 0.262 e. The van der Waals surface area contributed by atoms with Crippen molar-refractivity contribution in [2.45, 2.75) is 20.4 Å². The largest absolute Gasteiger partial charge is 0.294 e. The number of aromatic nitrogens is 2. The quantitative estimate of drug-likeness (QED) is 0.712. The van der Waals surface area contributed by atoms with Gasteiger partial charge in [0.25, 0.3) is 5.56 Å². The Balaban J connectivity index is 2.29. The fourth-order valence-corrected chi connectivity index (χ4v) is 3.60. The Hall–Kier alpha value is -1.72. The number of benzene rings is 1. The van der Waals surface area contributed by atoms with E-state index in [1.165, 1.54) is 15.9 Å². The van der Waals surface area contributed by atoms with Crippen LogP contribution in [-0.2, 0) is 6.54 Å². The predicted molar refractivity (Wildman–Crippen MR) is 89.8 cm³/mol. The molecule has 22 heavy (non-hydrogen) atoms. The number of rotatable bonds is 3. The molecule has 0 aliphatic heterocycles. The molecular weight excluding hydrogens is 323 g/mol. The van der Waals surface area contributed by atoms with Gasteiger partial charge in [0.15, 0.2) is 0 Å². The van der Waals surface area contributed by atoms with Gasteiger partial charge in [-0.1, -0.05) is 17.7 Å². The van der Waals surface area contributed by atoms with Crippen molar-refractivity contribution in [1.82, 2.24) is 9.55 Å². The molecule has 0 atom stereocenters. The zero-order chi connectivity index (χ0) is 15.9. The third-order valence-corrected chi connectivity index (χ3v) is 4.96. The summed E-state index contributed by atoms with van der Waals surface area (Å²) in [6.45, 7) is 3.09. The molecule has 0 N–H and O–H groups in total. The van der Waals surface area contributed by atoms with Crippen LogP contribution < -0.4 is 5.56 Å². The van der Waals surface area contributed by atoms with Crippen molar-refractivity contribution in [3.8, 4) is 11.1 Å². The van der Waals surface area contributed by atoms with Crippen LogP contribution in [0.1, 0.15) is 11.4 Å². The van der Waals surface area contributed by atoms with Crippen molar-refractivity contribution < 1.29 is 4.39 Å². The summed E-state index contributed by atoms with van der Waals surface area (Å²) in [6, 6.07) is 5.65. The Morgan fingerprint density at radius 3 is 2.82 bits per heavy atom. The first-order valence-corrected chi connectivity index (χ1v) is 8.10. The summed E-state index contributed by atoms with van der Waals surface area (Å²) >= 11 is 7.48. The first kappa shape index (κ1) is 15.2. The van der Waals surface area contributed by atoms with Crippen LogP contribution in [0.15, 0.2) is 28.4 Å². The summed E-state index contributed by atoms with van der Waals surface area (Å²) in [5, 5.41) is 3.15. The van der Waals surface area contributed by atoms with Crippen molar-refractivity contribution >= 4 is 33.2 Å². The van der Waals surface area contributed by atoms with E-state index in [0.717, 1.165) is 16.7 Å². The third kappa shape index (κ3) is 2.44. The summed E-state index contributed by atoms with van der Waals surface area (Å²) < 4.78 is 14.1. The topological polar surface area (TPSA) is 34.9 Å². The monoisotopic (exact) mass is 336 g/mol. The fourth-order valence-electron chi connectivity index (χ4n) is 2.50. The second-order valence-electron chi connectivity index (χ2n) is 5.10. The van der Waals surface area contributed by atoms with Gasteiger partial charge in [0.05, 0.1) is 11.9 Å². The highest BCUT2D eigenvalue weighted by Crippen LogP contribution is 2.32. The Morgan fingerprint density at radius 1 is 1.36 bits per heavy atom. The normalized spacial score (nSPS) is 11.3. The molecule has 0 spiro atoms. The Morgan fingerprint density at radius 2 is 2.14 bits per heavy atom. The minimum absolute atomic E-state index is 0.0303. The Labute approximate surface area is 136 Å². The van der Waals surface area contributed by atoms with Crippen LogP contribution in [0.3, 0.4) is 0 Å². The number of thiophene rings is 1. The molecule has 0 saturated heterocycles. The molecule has 0 fully saturated rings. The van der Waals surface area contributed by atoms with Crippen LogP contribution in [0.2, 0.25) is 5.02 Å². The third-order valence-electron chi connectivity index (χ3n) is 3.66. The van der Waals surface area contributed by atoms with E-state index in [1.807, 2.05) is 30.5 Å². The number of halogens is 2. The second kappa shape index (κ2) is 5.82. The van der Waals surface area contributed by atoms with Gasteiger partial charge in [-0.05, 0) is 37.1 Å². The van der Waals surface area contributed by atoms with Gasteiger partial charge in [0.2, 0.25) is 0 Å². The SMILES string of the molecule is Cc1cc(-c2csc3nc(C)n(CCF)c(=O)c23)ccc1Cl. The van der Waals surface area contributed by atoms with Crippen molar-refractivity contribution in [1.29, 1.82) is 0 Å². The van der Waals surface area contributed by atoms with Gasteiger partial charge in [-0.3, -0.25) is 9.36 Å². The molecule has 0 unspecified atom stereocenters. The van der Waals surface area contributed by atoms with E-state index in [2.05, 4.69) is 4.98 Å². The van der Waals surface area contributed by atoms with E-state index in [-0.39, 0.29) is 12.1 Å². The number of aryl methyl sites for hydroxylation is 2. The lowest BCUT2D eigenvalue weighted by atomic mass is 10.0. The van der Waals surface area contributed by atoms with Crippen molar-refractivity contribution in [3.05, 3.63) is 50.3 Å². The standard InChI is InChI=1S/C16H14ClFN2OS/c1-9-7-11(3-4-13(9)17)12-8-22-15-14(12)16(21)20(6-5-18)10(2)19-15/h3-4,7-8H,5-6H2,1-2H3. The highest BCUT2D eigenvalue weighted by molar-refractivity contribution is 7.17. The van der Waals surface area contributed by atoms with Gasteiger partial charge in [0.1, 0.15) is 17.3 Å². The van der Waals surface area contributed by atoms with Crippen molar-refractivity contribution in [2.24, 2.45) is 0 Å². The van der Waals surface area contributed by atoms with Crippen LogP contribution in [-0.4, -0.2) is 16.2 Å². The molecule has 2 heterocycles. The molecular formula is C16H14ClFN2OS. The molecule has 0 saturated carbocycles. The van der Waals surface area contributed by atoms with Gasteiger partial charge < -0.3 is 0 Å². The maximum absolute atomic E-state index is 12.7. The van der Waals surface area contributed by atoms with E-state index in [4.69, 9.17) is 11.6 Å². The van der Waals surface area contributed by atoms with E-state index < -0.39 is 6.67 Å². The van der Waals surface area contributed by atoms with E-state index >= 15 is 0 Å². The van der Waals surface area contributed by atoms with Crippen molar-refractivity contribution in [2.75, 3.05) is 6.67 Å². The maximum Gasteiger partial charge on any atom is 0.262 e. The first-order valence-electron chi connectivity index (χ1n) is 6.84. The lowest BCUT2D eigenvalue weighted by molar-refractivity contribution is 0.435. The molecule has 1 aromatic carbocycles. The molecule has 0 aliphatic rings. The Kier molecular flexibility index (Phi) is 4.02. The maximum atomic E-state index is 12.7. The van der Waals surface area contributed by atoms with Gasteiger partial charge in [-0.2, -0.15) is 0 Å². The van der Waals surface area contributed by atoms with Gasteiger partial charge in [0, 0.05) is 16.0 Å². The van der Waals surface area contributed by atoms with Crippen LogP contribution >= 0.6 is 22.9 Å². The molecule has 6 heteroatoms. The number of hydrogen-bond donors (Lipinski definition) is 0. The molecule has 0 radical (unpaired) electrons. The summed E-state index contributed by atoms with van der Waals surface area (Å²) in [5.74, 6) is 0.538.